The van der Waals surface area contributed by atoms with Crippen molar-refractivity contribution in [1.29, 1.82) is 0 Å². The van der Waals surface area contributed by atoms with Crippen LogP contribution in [0.15, 0.2) is 36.4 Å². The second-order valence-corrected chi connectivity index (χ2v) is 6.59. The van der Waals surface area contributed by atoms with E-state index in [1.807, 2.05) is 36.4 Å². The van der Waals surface area contributed by atoms with Crippen molar-refractivity contribution in [3.63, 3.8) is 0 Å². The average Bonchev–Trinajstić information content (AvgIpc) is 3.00. The fourth-order valence-electron chi connectivity index (χ4n) is 2.20. The zero-order valence-electron chi connectivity index (χ0n) is 13.2. The van der Waals surface area contributed by atoms with Gasteiger partial charge in [-0.05, 0) is 42.0 Å². The summed E-state index contributed by atoms with van der Waals surface area (Å²) in [7, 11) is 1.51. The Balaban J connectivity index is 1.81. The number of aromatic nitrogens is 1. The van der Waals surface area contributed by atoms with E-state index in [9.17, 15) is 4.79 Å². The molecule has 3 rings (SSSR count). The number of carboxylic acids is 1. The van der Waals surface area contributed by atoms with Gasteiger partial charge in [-0.25, -0.2) is 9.78 Å². The van der Waals surface area contributed by atoms with Crippen molar-refractivity contribution >= 4 is 51.3 Å². The lowest BCUT2D eigenvalue weighted by molar-refractivity contribution is -0.139. The van der Waals surface area contributed by atoms with Crippen LogP contribution in [0.1, 0.15) is 10.6 Å². The van der Waals surface area contributed by atoms with Gasteiger partial charge in [0.25, 0.3) is 0 Å². The molecule has 2 aromatic carbocycles. The van der Waals surface area contributed by atoms with Crippen molar-refractivity contribution in [3.8, 4) is 11.5 Å². The summed E-state index contributed by atoms with van der Waals surface area (Å²) in [6, 6.07) is 10.9. The van der Waals surface area contributed by atoms with E-state index < -0.39 is 12.6 Å². The fourth-order valence-corrected chi connectivity index (χ4v) is 3.22. The molecule has 0 saturated heterocycles. The number of hydrogen-bond donors (Lipinski definition) is 1. The molecule has 0 radical (unpaired) electrons. The van der Waals surface area contributed by atoms with E-state index >= 15 is 0 Å². The highest BCUT2D eigenvalue weighted by atomic mass is 35.5. The second-order valence-electron chi connectivity index (χ2n) is 5.09. The van der Waals surface area contributed by atoms with Crippen LogP contribution in [0.25, 0.3) is 22.4 Å². The summed E-state index contributed by atoms with van der Waals surface area (Å²) in [5.41, 5.74) is 1.75. The van der Waals surface area contributed by atoms with Crippen LogP contribution in [0.4, 0.5) is 0 Å². The number of benzene rings is 2. The third-order valence-corrected chi connectivity index (χ3v) is 4.56. The van der Waals surface area contributed by atoms with Gasteiger partial charge in [0, 0.05) is 5.02 Å². The first-order valence-electron chi connectivity index (χ1n) is 7.32. The largest absolute Gasteiger partial charge is 0.493 e. The molecule has 1 aromatic heterocycles. The van der Waals surface area contributed by atoms with E-state index in [2.05, 4.69) is 4.98 Å². The van der Waals surface area contributed by atoms with Crippen molar-refractivity contribution in [2.24, 2.45) is 0 Å². The highest BCUT2D eigenvalue weighted by Crippen LogP contribution is 2.30. The van der Waals surface area contributed by atoms with Crippen molar-refractivity contribution in [3.05, 3.63) is 52.0 Å². The van der Waals surface area contributed by atoms with Gasteiger partial charge in [-0.15, -0.1) is 11.3 Å². The molecular formula is C18H14ClNO4S. The summed E-state index contributed by atoms with van der Waals surface area (Å²) in [6.45, 7) is -0.417. The van der Waals surface area contributed by atoms with Gasteiger partial charge in [0.2, 0.25) is 0 Å². The normalized spacial score (nSPS) is 11.1. The van der Waals surface area contributed by atoms with Gasteiger partial charge in [-0.3, -0.25) is 0 Å². The molecule has 0 amide bonds. The van der Waals surface area contributed by atoms with Crippen molar-refractivity contribution in [1.82, 2.24) is 4.98 Å². The Hall–Kier alpha value is -2.57. The van der Waals surface area contributed by atoms with E-state index in [0.717, 1.165) is 20.8 Å². The summed E-state index contributed by atoms with van der Waals surface area (Å²) in [6.07, 6.45) is 3.81. The molecule has 128 valence electrons. The monoisotopic (exact) mass is 375 g/mol. The van der Waals surface area contributed by atoms with Crippen LogP contribution in [0.2, 0.25) is 5.02 Å². The maximum absolute atomic E-state index is 10.6. The Morgan fingerprint density at radius 1 is 1.24 bits per heavy atom. The Morgan fingerprint density at radius 3 is 2.84 bits per heavy atom. The minimum Gasteiger partial charge on any atom is -0.493 e. The molecule has 0 aliphatic rings. The molecule has 5 nitrogen and oxygen atoms in total. The molecular weight excluding hydrogens is 362 g/mol. The molecule has 3 aromatic rings. The zero-order valence-corrected chi connectivity index (χ0v) is 14.8. The van der Waals surface area contributed by atoms with Crippen LogP contribution in [-0.2, 0) is 4.79 Å². The van der Waals surface area contributed by atoms with Gasteiger partial charge >= 0.3 is 5.97 Å². The zero-order chi connectivity index (χ0) is 17.8. The molecule has 0 spiro atoms. The summed E-state index contributed by atoms with van der Waals surface area (Å²) >= 11 is 7.55. The topological polar surface area (TPSA) is 68.7 Å². The summed E-state index contributed by atoms with van der Waals surface area (Å²) in [4.78, 5) is 15.1. The van der Waals surface area contributed by atoms with E-state index in [1.165, 1.54) is 7.11 Å². The molecule has 0 aliphatic heterocycles. The molecule has 1 N–H and O–H groups in total. The van der Waals surface area contributed by atoms with Gasteiger partial charge in [-0.2, -0.15) is 0 Å². The highest BCUT2D eigenvalue weighted by Gasteiger charge is 2.07. The lowest BCUT2D eigenvalue weighted by atomic mass is 10.2. The predicted molar refractivity (Wildman–Crippen MR) is 99.7 cm³/mol. The van der Waals surface area contributed by atoms with Gasteiger partial charge in [0.05, 0.1) is 17.3 Å². The van der Waals surface area contributed by atoms with Crippen LogP contribution < -0.4 is 9.47 Å². The SMILES string of the molecule is COc1cc(C=Cc2nc3cc(Cl)ccc3s2)ccc1OCC(=O)O. The molecule has 0 saturated carbocycles. The van der Waals surface area contributed by atoms with Gasteiger partial charge in [-0.1, -0.05) is 23.7 Å². The number of hydrogen-bond acceptors (Lipinski definition) is 5. The smallest absolute Gasteiger partial charge is 0.341 e. The highest BCUT2D eigenvalue weighted by molar-refractivity contribution is 7.19. The maximum atomic E-state index is 10.6. The predicted octanol–water partition coefficient (Wildman–Crippen LogP) is 4.59. The molecule has 0 bridgehead atoms. The minimum atomic E-state index is -1.04. The van der Waals surface area contributed by atoms with Crippen LogP contribution in [0.3, 0.4) is 0 Å². The Labute approximate surface area is 153 Å². The van der Waals surface area contributed by atoms with Crippen LogP contribution >= 0.6 is 22.9 Å². The van der Waals surface area contributed by atoms with Crippen LogP contribution in [0.5, 0.6) is 11.5 Å². The molecule has 1 heterocycles. The number of carbonyl (C=O) groups is 1. The minimum absolute atomic E-state index is 0.386. The number of ether oxygens (including phenoxy) is 2. The summed E-state index contributed by atoms with van der Waals surface area (Å²) in [5.74, 6) is -0.182. The second kappa shape index (κ2) is 7.55. The standard InChI is InChI=1S/C18H14ClNO4S/c1-23-15-8-11(2-5-14(15)24-10-18(21)22)3-7-17-20-13-9-12(19)4-6-16(13)25-17/h2-9H,10H2,1H3,(H,21,22). The van der Waals surface area contributed by atoms with Gasteiger partial charge in [0.1, 0.15) is 5.01 Å². The number of fused-ring (bicyclic) bond motifs is 1. The van der Waals surface area contributed by atoms with E-state index in [-0.39, 0.29) is 0 Å². The number of nitrogens with zero attached hydrogens (tertiary/aromatic N) is 1. The third-order valence-electron chi connectivity index (χ3n) is 3.32. The van der Waals surface area contributed by atoms with Crippen molar-refractivity contribution in [2.75, 3.05) is 13.7 Å². The molecule has 25 heavy (non-hydrogen) atoms. The Kier molecular flexibility index (Phi) is 5.21. The number of halogens is 1. The van der Waals surface area contributed by atoms with Gasteiger partial charge < -0.3 is 14.6 Å². The van der Waals surface area contributed by atoms with E-state index in [0.29, 0.717) is 16.5 Å². The Bertz CT molecular complexity index is 951. The quantitative estimate of drug-likeness (QED) is 0.682. The summed E-state index contributed by atoms with van der Waals surface area (Å²) < 4.78 is 11.5. The van der Waals surface area contributed by atoms with E-state index in [4.69, 9.17) is 26.2 Å². The lowest BCUT2D eigenvalue weighted by Crippen LogP contribution is -2.10. The Morgan fingerprint density at radius 2 is 2.08 bits per heavy atom. The van der Waals surface area contributed by atoms with Crippen molar-refractivity contribution < 1.29 is 19.4 Å². The van der Waals surface area contributed by atoms with Crippen LogP contribution in [-0.4, -0.2) is 29.8 Å². The number of thiazole rings is 1. The average molecular weight is 376 g/mol. The van der Waals surface area contributed by atoms with Crippen LogP contribution in [0, 0.1) is 0 Å². The number of methoxy groups -OCH3 is 1. The molecule has 7 heteroatoms. The molecule has 0 aliphatic carbocycles. The first kappa shape index (κ1) is 17.3. The number of rotatable bonds is 6. The van der Waals surface area contributed by atoms with Crippen molar-refractivity contribution in [2.45, 2.75) is 0 Å². The van der Waals surface area contributed by atoms with E-state index in [1.54, 1.807) is 23.5 Å². The number of carboxylic acid groups (broad SMARTS) is 1. The molecule has 0 atom stereocenters. The number of aliphatic carboxylic acids is 1. The molecule has 0 unspecified atom stereocenters. The first-order valence-corrected chi connectivity index (χ1v) is 8.51. The lowest BCUT2D eigenvalue weighted by Gasteiger charge is -2.09. The summed E-state index contributed by atoms with van der Waals surface area (Å²) in [5, 5.41) is 10.2. The van der Waals surface area contributed by atoms with Gasteiger partial charge in [0.15, 0.2) is 18.1 Å². The fraction of sp³-hybridized carbons (Fsp3) is 0.111. The maximum Gasteiger partial charge on any atom is 0.341 e. The third kappa shape index (κ3) is 4.29. The molecule has 0 fully saturated rings. The first-order chi connectivity index (χ1) is 12.0.